The number of hydrogen-bond donors (Lipinski definition) is 2. The maximum absolute atomic E-state index is 13.9. The van der Waals surface area contributed by atoms with E-state index in [1.807, 2.05) is 12.1 Å². The summed E-state index contributed by atoms with van der Waals surface area (Å²) in [4.78, 5) is 34.9. The van der Waals surface area contributed by atoms with E-state index in [0.29, 0.717) is 24.5 Å². The van der Waals surface area contributed by atoms with Gasteiger partial charge in [0.05, 0.1) is 44.5 Å². The molecule has 2 saturated carbocycles. The van der Waals surface area contributed by atoms with Crippen LogP contribution < -0.4 is 9.80 Å². The number of anilines is 2. The molecule has 2 aliphatic carbocycles. The van der Waals surface area contributed by atoms with Gasteiger partial charge in [-0.05, 0) is 114 Å². The lowest BCUT2D eigenvalue weighted by molar-refractivity contribution is -0.140. The first-order valence-corrected chi connectivity index (χ1v) is 20.1. The van der Waals surface area contributed by atoms with E-state index in [0.717, 1.165) is 116 Å². The van der Waals surface area contributed by atoms with Crippen molar-refractivity contribution in [2.75, 3.05) is 49.1 Å². The highest BCUT2D eigenvalue weighted by Gasteiger charge is 2.52. The zero-order valence-electron chi connectivity index (χ0n) is 29.9. The summed E-state index contributed by atoms with van der Waals surface area (Å²) >= 11 is 12.4. The maximum atomic E-state index is 13.9. The Morgan fingerprint density at radius 1 is 0.577 bits per heavy atom. The minimum atomic E-state index is -0.413. The number of rotatable bonds is 4. The summed E-state index contributed by atoms with van der Waals surface area (Å²) in [5.41, 5.74) is 0.643. The van der Waals surface area contributed by atoms with E-state index in [-0.39, 0.29) is 57.0 Å². The van der Waals surface area contributed by atoms with Crippen molar-refractivity contribution in [3.63, 3.8) is 0 Å². The molecular weight excluding hydrogens is 709 g/mol. The molecule has 2 aromatic carbocycles. The maximum Gasteiger partial charge on any atom is 0.230 e. The SMILES string of the molecule is O=C1N(C2CCC(O)CC2)CC[C@@]12CCCN(c1cccc(F)c1Cl)C2.O=C1N(C2CCC(O)CC2)CC[C@@]12CCCN(c1cccc(F)c1Cl)C2. The summed E-state index contributed by atoms with van der Waals surface area (Å²) in [6.07, 6.45) is 11.6. The molecule has 4 heterocycles. The van der Waals surface area contributed by atoms with Crippen molar-refractivity contribution in [1.29, 1.82) is 0 Å². The number of hydrogen-bond acceptors (Lipinski definition) is 6. The van der Waals surface area contributed by atoms with Crippen molar-refractivity contribution in [3.8, 4) is 0 Å². The van der Waals surface area contributed by atoms with Gasteiger partial charge >= 0.3 is 0 Å². The molecular formula is C40H52Cl2F2N4O4. The van der Waals surface area contributed by atoms with E-state index in [1.165, 1.54) is 12.1 Å². The Morgan fingerprint density at radius 3 is 1.35 bits per heavy atom. The van der Waals surface area contributed by atoms with Gasteiger partial charge in [-0.15, -0.1) is 0 Å². The van der Waals surface area contributed by atoms with Gasteiger partial charge in [0, 0.05) is 51.4 Å². The van der Waals surface area contributed by atoms with Gasteiger partial charge in [0.1, 0.15) is 11.6 Å². The van der Waals surface area contributed by atoms with Crippen LogP contribution >= 0.6 is 23.2 Å². The highest BCUT2D eigenvalue weighted by atomic mass is 35.5. The van der Waals surface area contributed by atoms with E-state index in [9.17, 15) is 28.6 Å². The fraction of sp³-hybridized carbons (Fsp3) is 0.650. The average Bonchev–Trinajstić information content (AvgIpc) is 3.62. The summed E-state index contributed by atoms with van der Waals surface area (Å²) in [6, 6.07) is 10.3. The van der Waals surface area contributed by atoms with Crippen LogP contribution in [0.3, 0.4) is 0 Å². The van der Waals surface area contributed by atoms with Crippen LogP contribution in [0, 0.1) is 22.5 Å². The van der Waals surface area contributed by atoms with Gasteiger partial charge in [-0.2, -0.15) is 0 Å². The summed E-state index contributed by atoms with van der Waals surface area (Å²) in [5, 5.41) is 19.8. The topological polar surface area (TPSA) is 87.6 Å². The first kappa shape index (κ1) is 37.6. The molecule has 4 saturated heterocycles. The number of likely N-dealkylation sites (tertiary alicyclic amines) is 2. The molecule has 284 valence electrons. The summed E-state index contributed by atoms with van der Waals surface area (Å²) in [7, 11) is 0. The lowest BCUT2D eigenvalue weighted by Crippen LogP contribution is -2.50. The second-order valence-electron chi connectivity index (χ2n) is 16.2. The molecule has 12 heteroatoms. The molecule has 6 aliphatic rings. The minimum Gasteiger partial charge on any atom is -0.393 e. The number of carbonyl (C=O) groups is 2. The van der Waals surface area contributed by atoms with Crippen molar-refractivity contribution in [3.05, 3.63) is 58.1 Å². The Hall–Kier alpha value is -2.66. The lowest BCUT2D eigenvalue weighted by Gasteiger charge is -2.41. The molecule has 4 aliphatic heterocycles. The van der Waals surface area contributed by atoms with Crippen molar-refractivity contribution in [2.45, 2.75) is 114 Å². The van der Waals surface area contributed by atoms with Crippen LogP contribution in [-0.4, -0.2) is 95.4 Å². The van der Waals surface area contributed by atoms with Crippen LogP contribution in [0.5, 0.6) is 0 Å². The summed E-state index contributed by atoms with van der Waals surface area (Å²) in [6.45, 7) is 4.41. The van der Waals surface area contributed by atoms with E-state index < -0.39 is 11.6 Å². The number of amides is 2. The molecule has 2 N–H and O–H groups in total. The monoisotopic (exact) mass is 760 g/mol. The highest BCUT2D eigenvalue weighted by molar-refractivity contribution is 6.33. The third-order valence-corrected chi connectivity index (χ3v) is 13.8. The predicted molar refractivity (Wildman–Crippen MR) is 200 cm³/mol. The van der Waals surface area contributed by atoms with E-state index in [4.69, 9.17) is 23.2 Å². The number of halogens is 4. The molecule has 0 bridgehead atoms. The fourth-order valence-corrected chi connectivity index (χ4v) is 10.5. The molecule has 2 aromatic rings. The molecule has 0 unspecified atom stereocenters. The predicted octanol–water partition coefficient (Wildman–Crippen LogP) is 7.20. The zero-order valence-corrected chi connectivity index (χ0v) is 31.4. The number of carbonyl (C=O) groups excluding carboxylic acids is 2. The molecule has 6 fully saturated rings. The summed E-state index contributed by atoms with van der Waals surface area (Å²) < 4.78 is 27.7. The number of aliphatic hydroxyl groups excluding tert-OH is 2. The van der Waals surface area contributed by atoms with Gasteiger partial charge in [0.25, 0.3) is 0 Å². The van der Waals surface area contributed by atoms with Crippen molar-refractivity contribution < 1.29 is 28.6 Å². The summed E-state index contributed by atoms with van der Waals surface area (Å²) in [5.74, 6) is -0.333. The Bertz CT molecular complexity index is 1500. The number of piperidine rings is 2. The van der Waals surface area contributed by atoms with Crippen LogP contribution in [0.2, 0.25) is 10.0 Å². The first-order valence-electron chi connectivity index (χ1n) is 19.4. The van der Waals surface area contributed by atoms with Gasteiger partial charge < -0.3 is 29.8 Å². The van der Waals surface area contributed by atoms with Gasteiger partial charge in [-0.1, -0.05) is 35.3 Å². The first-order chi connectivity index (χ1) is 25.0. The Kier molecular flexibility index (Phi) is 11.3. The number of nitrogens with zero attached hydrogens (tertiary/aromatic N) is 4. The molecule has 52 heavy (non-hydrogen) atoms. The van der Waals surface area contributed by atoms with Crippen LogP contribution in [0.4, 0.5) is 20.2 Å². The third-order valence-electron chi connectivity index (χ3n) is 13.0. The van der Waals surface area contributed by atoms with Crippen molar-refractivity contribution in [2.24, 2.45) is 10.8 Å². The fourth-order valence-electron chi connectivity index (χ4n) is 10.0. The average molecular weight is 762 g/mol. The quantitative estimate of drug-likeness (QED) is 0.343. The van der Waals surface area contributed by atoms with E-state index >= 15 is 0 Å². The molecule has 0 aromatic heterocycles. The zero-order chi connectivity index (χ0) is 36.6. The molecule has 8 rings (SSSR count). The van der Waals surface area contributed by atoms with E-state index in [1.54, 1.807) is 12.1 Å². The molecule has 2 spiro atoms. The van der Waals surface area contributed by atoms with Crippen LogP contribution in [0.1, 0.15) is 89.9 Å². The van der Waals surface area contributed by atoms with Crippen molar-refractivity contribution in [1.82, 2.24) is 9.80 Å². The Balaban J connectivity index is 0.000000162. The highest BCUT2D eigenvalue weighted by Crippen LogP contribution is 2.46. The largest absolute Gasteiger partial charge is 0.393 e. The molecule has 2 atom stereocenters. The molecule has 2 amide bonds. The van der Waals surface area contributed by atoms with Gasteiger partial charge in [-0.25, -0.2) is 8.78 Å². The Morgan fingerprint density at radius 2 is 0.962 bits per heavy atom. The second kappa shape index (κ2) is 15.6. The lowest BCUT2D eigenvalue weighted by atomic mass is 9.78. The standard InChI is InChI=1S/2C20H26ClFN2O2/c2*21-18-16(22)3-1-4-17(18)23-11-2-9-20(13-23)10-12-24(19(20)26)14-5-7-15(25)8-6-14/h2*1,3-4,14-15,25H,2,5-13H2/t2*14?,15?,20-/m11/s1. The molecule has 0 radical (unpaired) electrons. The third kappa shape index (κ3) is 7.38. The smallest absolute Gasteiger partial charge is 0.230 e. The second-order valence-corrected chi connectivity index (χ2v) is 16.9. The van der Waals surface area contributed by atoms with E-state index in [2.05, 4.69) is 19.6 Å². The minimum absolute atomic E-state index is 0.146. The van der Waals surface area contributed by atoms with Gasteiger partial charge in [0.2, 0.25) is 11.8 Å². The Labute approximate surface area is 316 Å². The normalized spacial score (nSPS) is 32.5. The van der Waals surface area contributed by atoms with Crippen molar-refractivity contribution >= 4 is 46.4 Å². The van der Waals surface area contributed by atoms with Crippen LogP contribution in [0.15, 0.2) is 36.4 Å². The van der Waals surface area contributed by atoms with Gasteiger partial charge in [-0.3, -0.25) is 9.59 Å². The van der Waals surface area contributed by atoms with Crippen LogP contribution in [0.25, 0.3) is 0 Å². The number of aliphatic hydroxyl groups is 2. The number of benzene rings is 2. The van der Waals surface area contributed by atoms with Crippen LogP contribution in [-0.2, 0) is 9.59 Å². The van der Waals surface area contributed by atoms with Gasteiger partial charge in [0.15, 0.2) is 0 Å². The molecule has 8 nitrogen and oxygen atoms in total.